The topological polar surface area (TPSA) is 59.8 Å². The SMILES string of the molecule is Cn1cc(CCNC(=O)c2ccc(F)nc2)cn1. The van der Waals surface area contributed by atoms with E-state index in [1.807, 2.05) is 13.2 Å². The first-order valence-electron chi connectivity index (χ1n) is 5.52. The summed E-state index contributed by atoms with van der Waals surface area (Å²) in [5.41, 5.74) is 1.40. The van der Waals surface area contributed by atoms with Crippen LogP contribution in [0, 0.1) is 5.95 Å². The van der Waals surface area contributed by atoms with Gasteiger partial charge in [-0.2, -0.15) is 9.49 Å². The second kappa shape index (κ2) is 5.39. The van der Waals surface area contributed by atoms with E-state index >= 15 is 0 Å². The third kappa shape index (κ3) is 3.13. The number of halogens is 1. The molecule has 5 nitrogen and oxygen atoms in total. The van der Waals surface area contributed by atoms with Crippen LogP contribution < -0.4 is 5.32 Å². The molecule has 2 aromatic rings. The van der Waals surface area contributed by atoms with Crippen molar-refractivity contribution in [3.8, 4) is 0 Å². The minimum Gasteiger partial charge on any atom is -0.352 e. The first-order chi connectivity index (χ1) is 8.65. The molecule has 0 aliphatic rings. The maximum absolute atomic E-state index is 12.6. The van der Waals surface area contributed by atoms with Crippen LogP contribution in [0.3, 0.4) is 0 Å². The first-order valence-corrected chi connectivity index (χ1v) is 5.52. The van der Waals surface area contributed by atoms with Crippen molar-refractivity contribution in [2.75, 3.05) is 6.54 Å². The maximum Gasteiger partial charge on any atom is 0.252 e. The molecule has 0 unspecified atom stereocenters. The van der Waals surface area contributed by atoms with Crippen LogP contribution in [0.1, 0.15) is 15.9 Å². The summed E-state index contributed by atoms with van der Waals surface area (Å²) in [5.74, 6) is -0.853. The van der Waals surface area contributed by atoms with Gasteiger partial charge in [-0.15, -0.1) is 0 Å². The molecule has 0 saturated carbocycles. The Morgan fingerprint density at radius 3 is 2.89 bits per heavy atom. The predicted molar refractivity (Wildman–Crippen MR) is 63.4 cm³/mol. The van der Waals surface area contributed by atoms with Gasteiger partial charge >= 0.3 is 0 Å². The summed E-state index contributed by atoms with van der Waals surface area (Å²) in [7, 11) is 1.84. The highest BCUT2D eigenvalue weighted by molar-refractivity contribution is 5.93. The second-order valence-electron chi connectivity index (χ2n) is 3.90. The lowest BCUT2D eigenvalue weighted by atomic mass is 10.2. The van der Waals surface area contributed by atoms with E-state index in [-0.39, 0.29) is 5.91 Å². The highest BCUT2D eigenvalue weighted by atomic mass is 19.1. The molecule has 1 amide bonds. The lowest BCUT2D eigenvalue weighted by Crippen LogP contribution is -2.25. The van der Waals surface area contributed by atoms with Crippen molar-refractivity contribution < 1.29 is 9.18 Å². The number of nitrogens with one attached hydrogen (secondary N) is 1. The minimum atomic E-state index is -0.595. The Kier molecular flexibility index (Phi) is 3.66. The number of pyridine rings is 1. The molecule has 2 heterocycles. The quantitative estimate of drug-likeness (QED) is 0.819. The third-order valence-corrected chi connectivity index (χ3v) is 2.45. The van der Waals surface area contributed by atoms with E-state index in [1.165, 1.54) is 12.3 Å². The molecule has 2 aromatic heterocycles. The Balaban J connectivity index is 1.83. The van der Waals surface area contributed by atoms with Crippen molar-refractivity contribution in [1.29, 1.82) is 0 Å². The zero-order valence-electron chi connectivity index (χ0n) is 9.93. The molecule has 0 aromatic carbocycles. The molecule has 6 heteroatoms. The van der Waals surface area contributed by atoms with Gasteiger partial charge < -0.3 is 5.32 Å². The highest BCUT2D eigenvalue weighted by Gasteiger charge is 2.05. The molecular weight excluding hydrogens is 235 g/mol. The molecular formula is C12H13FN4O. The van der Waals surface area contributed by atoms with Crippen molar-refractivity contribution in [2.24, 2.45) is 7.05 Å². The summed E-state index contributed by atoms with van der Waals surface area (Å²) in [6.07, 6.45) is 5.57. The second-order valence-corrected chi connectivity index (χ2v) is 3.90. The Morgan fingerprint density at radius 2 is 2.28 bits per heavy atom. The monoisotopic (exact) mass is 248 g/mol. The zero-order valence-corrected chi connectivity index (χ0v) is 9.93. The van der Waals surface area contributed by atoms with Crippen LogP contribution in [0.5, 0.6) is 0 Å². The van der Waals surface area contributed by atoms with E-state index < -0.39 is 5.95 Å². The van der Waals surface area contributed by atoms with Crippen LogP contribution in [0.2, 0.25) is 0 Å². The van der Waals surface area contributed by atoms with Crippen LogP contribution in [-0.4, -0.2) is 27.2 Å². The average Bonchev–Trinajstić information content (AvgIpc) is 2.76. The molecule has 0 aliphatic carbocycles. The Hall–Kier alpha value is -2.24. The van der Waals surface area contributed by atoms with Crippen LogP contribution >= 0.6 is 0 Å². The van der Waals surface area contributed by atoms with Crippen molar-refractivity contribution >= 4 is 5.91 Å². The molecule has 0 spiro atoms. The molecule has 0 saturated heterocycles. The molecule has 2 rings (SSSR count). The molecule has 0 bridgehead atoms. The zero-order chi connectivity index (χ0) is 13.0. The number of aromatic nitrogens is 3. The number of hydrogen-bond donors (Lipinski definition) is 1. The summed E-state index contributed by atoms with van der Waals surface area (Å²) in [5, 5.41) is 6.77. The van der Waals surface area contributed by atoms with Crippen LogP contribution in [0.15, 0.2) is 30.7 Å². The number of aryl methyl sites for hydroxylation is 1. The standard InChI is InChI=1S/C12H13FN4O/c1-17-8-9(6-16-17)4-5-14-12(18)10-2-3-11(13)15-7-10/h2-3,6-8H,4-5H2,1H3,(H,14,18). The predicted octanol–water partition coefficient (Wildman–Crippen LogP) is 0.927. The van der Waals surface area contributed by atoms with E-state index in [1.54, 1.807) is 10.9 Å². The number of nitrogens with zero attached hydrogens (tertiary/aromatic N) is 3. The van der Waals surface area contributed by atoms with Gasteiger partial charge in [-0.3, -0.25) is 9.48 Å². The summed E-state index contributed by atoms with van der Waals surface area (Å²) in [6, 6.07) is 2.57. The molecule has 18 heavy (non-hydrogen) atoms. The van der Waals surface area contributed by atoms with Crippen LogP contribution in [0.25, 0.3) is 0 Å². The molecule has 94 valence electrons. The van der Waals surface area contributed by atoms with Crippen molar-refractivity contribution in [3.05, 3.63) is 47.8 Å². The molecule has 0 atom stereocenters. The van der Waals surface area contributed by atoms with Gasteiger partial charge in [-0.05, 0) is 24.1 Å². The Labute approximate surface area is 104 Å². The Bertz CT molecular complexity index is 535. The van der Waals surface area contributed by atoms with Gasteiger partial charge in [0, 0.05) is 26.0 Å². The first kappa shape index (κ1) is 12.2. The van der Waals surface area contributed by atoms with Gasteiger partial charge in [-0.25, -0.2) is 4.98 Å². The van der Waals surface area contributed by atoms with Crippen molar-refractivity contribution in [1.82, 2.24) is 20.1 Å². The highest BCUT2D eigenvalue weighted by Crippen LogP contribution is 2.00. The molecule has 0 radical (unpaired) electrons. The number of amides is 1. The number of hydrogen-bond acceptors (Lipinski definition) is 3. The fraction of sp³-hybridized carbons (Fsp3) is 0.250. The van der Waals surface area contributed by atoms with Gasteiger partial charge in [0.15, 0.2) is 0 Å². The molecule has 0 fully saturated rings. The fourth-order valence-corrected chi connectivity index (χ4v) is 1.53. The lowest BCUT2D eigenvalue weighted by molar-refractivity contribution is 0.0953. The minimum absolute atomic E-state index is 0.258. The van der Waals surface area contributed by atoms with Gasteiger partial charge in [0.1, 0.15) is 0 Å². The summed E-state index contributed by atoms with van der Waals surface area (Å²) in [6.45, 7) is 0.502. The number of carbonyl (C=O) groups excluding carboxylic acids is 1. The summed E-state index contributed by atoms with van der Waals surface area (Å²) in [4.78, 5) is 15.1. The van der Waals surface area contributed by atoms with Gasteiger partial charge in [0.2, 0.25) is 5.95 Å². The van der Waals surface area contributed by atoms with E-state index in [4.69, 9.17) is 0 Å². The smallest absolute Gasteiger partial charge is 0.252 e. The number of carbonyl (C=O) groups is 1. The summed E-state index contributed by atoms with van der Waals surface area (Å²) >= 11 is 0. The largest absolute Gasteiger partial charge is 0.352 e. The van der Waals surface area contributed by atoms with Gasteiger partial charge in [-0.1, -0.05) is 0 Å². The van der Waals surface area contributed by atoms with Crippen molar-refractivity contribution in [3.63, 3.8) is 0 Å². The van der Waals surface area contributed by atoms with E-state index in [0.717, 1.165) is 11.6 Å². The van der Waals surface area contributed by atoms with Crippen LogP contribution in [0.4, 0.5) is 4.39 Å². The van der Waals surface area contributed by atoms with E-state index in [0.29, 0.717) is 18.5 Å². The van der Waals surface area contributed by atoms with Gasteiger partial charge in [0.05, 0.1) is 11.8 Å². The van der Waals surface area contributed by atoms with Gasteiger partial charge in [0.25, 0.3) is 5.91 Å². The van der Waals surface area contributed by atoms with E-state index in [2.05, 4.69) is 15.4 Å². The average molecular weight is 248 g/mol. The molecule has 1 N–H and O–H groups in total. The fourth-order valence-electron chi connectivity index (χ4n) is 1.53. The van der Waals surface area contributed by atoms with E-state index in [9.17, 15) is 9.18 Å². The third-order valence-electron chi connectivity index (χ3n) is 2.45. The lowest BCUT2D eigenvalue weighted by Gasteiger charge is -2.03. The maximum atomic E-state index is 12.6. The normalized spacial score (nSPS) is 10.3. The Morgan fingerprint density at radius 1 is 1.44 bits per heavy atom. The molecule has 0 aliphatic heterocycles. The van der Waals surface area contributed by atoms with Crippen molar-refractivity contribution in [2.45, 2.75) is 6.42 Å². The number of rotatable bonds is 4. The van der Waals surface area contributed by atoms with Crippen LogP contribution in [-0.2, 0) is 13.5 Å². The summed E-state index contributed by atoms with van der Waals surface area (Å²) < 4.78 is 14.3.